The van der Waals surface area contributed by atoms with E-state index in [2.05, 4.69) is 26.0 Å². The number of aromatic nitrogens is 3. The Morgan fingerprint density at radius 3 is 2.71 bits per heavy atom. The fourth-order valence-corrected chi connectivity index (χ4v) is 1.87. The molecule has 0 aliphatic rings. The molecule has 0 unspecified atom stereocenters. The van der Waals surface area contributed by atoms with Gasteiger partial charge in [-0.25, -0.2) is 14.5 Å². The van der Waals surface area contributed by atoms with Crippen molar-refractivity contribution in [3.8, 4) is 5.69 Å². The van der Waals surface area contributed by atoms with Crippen LogP contribution in [0.25, 0.3) is 5.69 Å². The van der Waals surface area contributed by atoms with Gasteiger partial charge < -0.3 is 5.11 Å². The molecule has 0 aliphatic carbocycles. The average molecular weight is 296 g/mol. The van der Waals surface area contributed by atoms with Crippen molar-refractivity contribution in [2.45, 2.75) is 13.8 Å². The van der Waals surface area contributed by atoms with Gasteiger partial charge in [0.2, 0.25) is 0 Å². The van der Waals surface area contributed by atoms with E-state index in [0.29, 0.717) is 5.82 Å². The van der Waals surface area contributed by atoms with E-state index in [1.54, 1.807) is 6.92 Å². The van der Waals surface area contributed by atoms with Crippen molar-refractivity contribution in [1.29, 1.82) is 0 Å². The second-order valence-corrected chi connectivity index (χ2v) is 4.55. The van der Waals surface area contributed by atoms with Crippen LogP contribution >= 0.6 is 15.9 Å². The zero-order chi connectivity index (χ0) is 12.6. The molecule has 2 rings (SSSR count). The first-order chi connectivity index (χ1) is 7.99. The van der Waals surface area contributed by atoms with Crippen molar-refractivity contribution >= 4 is 21.9 Å². The summed E-state index contributed by atoms with van der Waals surface area (Å²) in [5.74, 6) is -0.773. The highest BCUT2D eigenvalue weighted by atomic mass is 79.9. The first-order valence-corrected chi connectivity index (χ1v) is 5.72. The van der Waals surface area contributed by atoms with Crippen LogP contribution < -0.4 is 0 Å². The van der Waals surface area contributed by atoms with Crippen molar-refractivity contribution in [3.05, 3.63) is 39.9 Å². The fourth-order valence-electron chi connectivity index (χ4n) is 1.52. The Kier molecular flexibility index (Phi) is 2.97. The molecule has 0 atom stereocenters. The van der Waals surface area contributed by atoms with Crippen molar-refractivity contribution in [1.82, 2.24) is 14.8 Å². The van der Waals surface area contributed by atoms with Crippen LogP contribution in [0.3, 0.4) is 0 Å². The van der Waals surface area contributed by atoms with Gasteiger partial charge in [-0.3, -0.25) is 0 Å². The molecule has 1 aromatic carbocycles. The van der Waals surface area contributed by atoms with Gasteiger partial charge in [-0.15, -0.1) is 5.10 Å². The van der Waals surface area contributed by atoms with E-state index in [4.69, 9.17) is 5.11 Å². The van der Waals surface area contributed by atoms with E-state index in [1.807, 2.05) is 25.1 Å². The summed E-state index contributed by atoms with van der Waals surface area (Å²) in [6.45, 7) is 3.66. The van der Waals surface area contributed by atoms with Gasteiger partial charge in [-0.05, 0) is 31.5 Å². The second-order valence-electron chi connectivity index (χ2n) is 3.63. The molecule has 6 heteroatoms. The largest absolute Gasteiger partial charge is 0.475 e. The van der Waals surface area contributed by atoms with Gasteiger partial charge in [0.05, 0.1) is 5.69 Å². The number of hydrogen-bond acceptors (Lipinski definition) is 3. The third-order valence-electron chi connectivity index (χ3n) is 2.36. The van der Waals surface area contributed by atoms with Crippen molar-refractivity contribution < 1.29 is 9.90 Å². The van der Waals surface area contributed by atoms with Crippen LogP contribution in [0, 0.1) is 13.8 Å². The maximum absolute atomic E-state index is 10.8. The Labute approximate surface area is 106 Å². The Hall–Kier alpha value is -1.69. The number of aromatic carboxylic acids is 1. The minimum atomic E-state index is -1.13. The maximum atomic E-state index is 10.8. The standard InChI is InChI=1S/C11H10BrN3O2/c1-6-3-4-8(12)5-9(6)15-7(2)13-10(14-15)11(16)17/h3-5H,1-2H3,(H,16,17). The number of nitrogens with zero attached hydrogens (tertiary/aromatic N) is 3. The number of hydrogen-bond donors (Lipinski definition) is 1. The zero-order valence-electron chi connectivity index (χ0n) is 9.31. The highest BCUT2D eigenvalue weighted by molar-refractivity contribution is 9.10. The number of rotatable bonds is 2. The highest BCUT2D eigenvalue weighted by Crippen LogP contribution is 2.20. The van der Waals surface area contributed by atoms with Gasteiger partial charge in [0, 0.05) is 4.47 Å². The summed E-state index contributed by atoms with van der Waals surface area (Å²) in [7, 11) is 0. The number of benzene rings is 1. The van der Waals surface area contributed by atoms with E-state index in [9.17, 15) is 4.79 Å². The molecular weight excluding hydrogens is 286 g/mol. The molecule has 0 saturated carbocycles. The summed E-state index contributed by atoms with van der Waals surface area (Å²) in [5.41, 5.74) is 1.81. The monoisotopic (exact) mass is 295 g/mol. The Bertz CT molecular complexity index is 592. The highest BCUT2D eigenvalue weighted by Gasteiger charge is 2.14. The molecule has 0 aliphatic heterocycles. The summed E-state index contributed by atoms with van der Waals surface area (Å²) in [6.07, 6.45) is 0. The van der Waals surface area contributed by atoms with E-state index in [-0.39, 0.29) is 5.82 Å². The number of halogens is 1. The van der Waals surface area contributed by atoms with Crippen molar-refractivity contribution in [2.75, 3.05) is 0 Å². The molecule has 1 heterocycles. The summed E-state index contributed by atoms with van der Waals surface area (Å²) < 4.78 is 2.44. The van der Waals surface area contributed by atoms with Crippen LogP contribution in [-0.2, 0) is 0 Å². The molecular formula is C11H10BrN3O2. The van der Waals surface area contributed by atoms with Gasteiger partial charge >= 0.3 is 5.97 Å². The van der Waals surface area contributed by atoms with Crippen LogP contribution in [0.15, 0.2) is 22.7 Å². The van der Waals surface area contributed by atoms with E-state index in [0.717, 1.165) is 15.7 Å². The molecule has 5 nitrogen and oxygen atoms in total. The van der Waals surface area contributed by atoms with Crippen molar-refractivity contribution in [3.63, 3.8) is 0 Å². The zero-order valence-corrected chi connectivity index (χ0v) is 10.9. The summed E-state index contributed by atoms with van der Waals surface area (Å²) in [4.78, 5) is 14.7. The lowest BCUT2D eigenvalue weighted by molar-refractivity contribution is 0.0683. The molecule has 17 heavy (non-hydrogen) atoms. The molecule has 1 N–H and O–H groups in total. The summed E-state index contributed by atoms with van der Waals surface area (Å²) >= 11 is 3.38. The molecule has 0 bridgehead atoms. The molecule has 0 amide bonds. The Balaban J connectivity index is 2.60. The lowest BCUT2D eigenvalue weighted by Crippen LogP contribution is -2.04. The normalized spacial score (nSPS) is 10.5. The van der Waals surface area contributed by atoms with Gasteiger partial charge in [-0.1, -0.05) is 22.0 Å². The van der Waals surface area contributed by atoms with Crippen LogP contribution in [0.2, 0.25) is 0 Å². The third kappa shape index (κ3) is 2.21. The minimum absolute atomic E-state index is 0.193. The summed E-state index contributed by atoms with van der Waals surface area (Å²) in [6, 6.07) is 5.73. The molecule has 88 valence electrons. The van der Waals surface area contributed by atoms with Crippen LogP contribution in [0.4, 0.5) is 0 Å². The first-order valence-electron chi connectivity index (χ1n) is 4.92. The van der Waals surface area contributed by atoms with E-state index >= 15 is 0 Å². The van der Waals surface area contributed by atoms with Crippen LogP contribution in [0.5, 0.6) is 0 Å². The summed E-state index contributed by atoms with van der Waals surface area (Å²) in [5, 5.41) is 12.8. The first kappa shape index (κ1) is 11.8. The maximum Gasteiger partial charge on any atom is 0.375 e. The fraction of sp³-hybridized carbons (Fsp3) is 0.182. The molecule has 0 saturated heterocycles. The molecule has 0 fully saturated rings. The van der Waals surface area contributed by atoms with Crippen LogP contribution in [0.1, 0.15) is 22.0 Å². The number of aryl methyl sites for hydroxylation is 2. The molecule has 0 spiro atoms. The average Bonchev–Trinajstić information content (AvgIpc) is 2.64. The Morgan fingerprint density at radius 1 is 1.41 bits per heavy atom. The molecule has 1 aromatic heterocycles. The minimum Gasteiger partial charge on any atom is -0.475 e. The lowest BCUT2D eigenvalue weighted by atomic mass is 10.2. The smallest absolute Gasteiger partial charge is 0.375 e. The van der Waals surface area contributed by atoms with Gasteiger partial charge in [0.1, 0.15) is 5.82 Å². The van der Waals surface area contributed by atoms with Gasteiger partial charge in [0.15, 0.2) is 0 Å². The van der Waals surface area contributed by atoms with E-state index in [1.165, 1.54) is 4.68 Å². The predicted octanol–water partition coefficient (Wildman–Crippen LogP) is 2.34. The SMILES string of the molecule is Cc1ccc(Br)cc1-n1nc(C(=O)O)nc1C. The third-order valence-corrected chi connectivity index (χ3v) is 2.85. The lowest BCUT2D eigenvalue weighted by Gasteiger charge is -2.07. The molecule has 0 radical (unpaired) electrons. The second kappa shape index (κ2) is 4.29. The molecule has 2 aromatic rings. The topological polar surface area (TPSA) is 68.0 Å². The number of carboxylic acids is 1. The van der Waals surface area contributed by atoms with Gasteiger partial charge in [0.25, 0.3) is 5.82 Å². The van der Waals surface area contributed by atoms with Crippen LogP contribution in [-0.4, -0.2) is 25.8 Å². The van der Waals surface area contributed by atoms with E-state index < -0.39 is 5.97 Å². The number of carbonyl (C=O) groups is 1. The van der Waals surface area contributed by atoms with Gasteiger partial charge in [-0.2, -0.15) is 0 Å². The quantitative estimate of drug-likeness (QED) is 0.923. The van der Waals surface area contributed by atoms with Crippen molar-refractivity contribution in [2.24, 2.45) is 0 Å². The Morgan fingerprint density at radius 2 is 2.12 bits per heavy atom. The predicted molar refractivity (Wildman–Crippen MR) is 65.5 cm³/mol. The number of carboxylic acid groups (broad SMARTS) is 1.